The van der Waals surface area contributed by atoms with Crippen molar-refractivity contribution in [1.82, 2.24) is 0 Å². The maximum atomic E-state index is 10.7. The van der Waals surface area contributed by atoms with Gasteiger partial charge in [-0.1, -0.05) is 12.1 Å². The molecule has 2 rings (SSSR count). The van der Waals surface area contributed by atoms with Crippen LogP contribution in [0.25, 0.3) is 16.2 Å². The van der Waals surface area contributed by atoms with Gasteiger partial charge in [0.15, 0.2) is 5.78 Å². The molecule has 0 radical (unpaired) electrons. The topological polar surface area (TPSA) is 17.1 Å². The Bertz CT molecular complexity index is 494. The van der Waals surface area contributed by atoms with Crippen molar-refractivity contribution in [3.05, 3.63) is 41.3 Å². The molecule has 2 aromatic rings. The highest BCUT2D eigenvalue weighted by atomic mass is 32.1. The normalized spacial score (nSPS) is 11.2. The highest BCUT2D eigenvalue weighted by molar-refractivity contribution is 7.17. The summed E-state index contributed by atoms with van der Waals surface area (Å²) in [6, 6.07) is 8.29. The Kier molecular flexibility index (Phi) is 2.46. The molecule has 0 N–H and O–H groups in total. The van der Waals surface area contributed by atoms with E-state index in [0.717, 1.165) is 5.56 Å². The summed E-state index contributed by atoms with van der Waals surface area (Å²) in [5.74, 6) is 0.0791. The van der Waals surface area contributed by atoms with Crippen molar-refractivity contribution in [2.45, 2.75) is 6.92 Å². The number of fused-ring (bicyclic) bond motifs is 1. The molecule has 0 spiro atoms. The van der Waals surface area contributed by atoms with Crippen LogP contribution in [0.1, 0.15) is 12.5 Å². The zero-order chi connectivity index (χ0) is 9.97. The van der Waals surface area contributed by atoms with Crippen LogP contribution in [0.15, 0.2) is 35.7 Å². The van der Waals surface area contributed by atoms with Gasteiger partial charge in [-0.25, -0.2) is 0 Å². The lowest BCUT2D eigenvalue weighted by molar-refractivity contribution is -0.112. The Balaban J connectivity index is 2.39. The summed E-state index contributed by atoms with van der Waals surface area (Å²) in [7, 11) is 0. The first kappa shape index (κ1) is 9.16. The Labute approximate surface area is 86.7 Å². The van der Waals surface area contributed by atoms with E-state index in [-0.39, 0.29) is 5.78 Å². The third kappa shape index (κ3) is 1.91. The van der Waals surface area contributed by atoms with E-state index in [4.69, 9.17) is 0 Å². The van der Waals surface area contributed by atoms with Gasteiger partial charge in [0.05, 0.1) is 0 Å². The minimum absolute atomic E-state index is 0.0791. The number of ketones is 1. The van der Waals surface area contributed by atoms with Crippen LogP contribution in [-0.4, -0.2) is 5.78 Å². The minimum Gasteiger partial charge on any atom is -0.295 e. The first-order valence-electron chi connectivity index (χ1n) is 4.41. The monoisotopic (exact) mass is 202 g/mol. The van der Waals surface area contributed by atoms with Crippen molar-refractivity contribution in [1.29, 1.82) is 0 Å². The summed E-state index contributed by atoms with van der Waals surface area (Å²) in [5.41, 5.74) is 1.08. The standard InChI is InChI=1S/C12H10OS/c1-9(13)2-3-10-4-5-12-11(8-10)6-7-14-12/h2-8H,1H3. The highest BCUT2D eigenvalue weighted by Crippen LogP contribution is 2.22. The molecule has 1 nitrogen and oxygen atoms in total. The van der Waals surface area contributed by atoms with Crippen molar-refractivity contribution in [3.63, 3.8) is 0 Å². The summed E-state index contributed by atoms with van der Waals surface area (Å²) in [4.78, 5) is 10.7. The van der Waals surface area contributed by atoms with Crippen molar-refractivity contribution in [3.8, 4) is 0 Å². The zero-order valence-corrected chi connectivity index (χ0v) is 8.67. The van der Waals surface area contributed by atoms with E-state index in [1.165, 1.54) is 10.1 Å². The van der Waals surface area contributed by atoms with Gasteiger partial charge in [0, 0.05) is 4.70 Å². The van der Waals surface area contributed by atoms with Crippen molar-refractivity contribution in [2.75, 3.05) is 0 Å². The molecular formula is C12H10OS. The van der Waals surface area contributed by atoms with E-state index >= 15 is 0 Å². The number of thiophene rings is 1. The number of rotatable bonds is 2. The van der Waals surface area contributed by atoms with Gasteiger partial charge in [0.25, 0.3) is 0 Å². The molecule has 0 aliphatic carbocycles. The van der Waals surface area contributed by atoms with E-state index in [9.17, 15) is 4.79 Å². The van der Waals surface area contributed by atoms with Crippen LogP contribution in [0, 0.1) is 0 Å². The van der Waals surface area contributed by atoms with Gasteiger partial charge in [-0.15, -0.1) is 11.3 Å². The Morgan fingerprint density at radius 1 is 1.36 bits per heavy atom. The second-order valence-corrected chi connectivity index (χ2v) is 4.11. The van der Waals surface area contributed by atoms with Crippen molar-refractivity contribution < 1.29 is 4.79 Å². The van der Waals surface area contributed by atoms with Crippen LogP contribution < -0.4 is 0 Å². The predicted molar refractivity (Wildman–Crippen MR) is 61.5 cm³/mol. The molecule has 0 amide bonds. The number of benzene rings is 1. The van der Waals surface area contributed by atoms with Gasteiger partial charge in [0.2, 0.25) is 0 Å². The first-order valence-corrected chi connectivity index (χ1v) is 5.29. The van der Waals surface area contributed by atoms with Gasteiger partial charge in [-0.2, -0.15) is 0 Å². The number of allylic oxidation sites excluding steroid dienone is 1. The molecular weight excluding hydrogens is 192 g/mol. The van der Waals surface area contributed by atoms with Crippen LogP contribution in [0.2, 0.25) is 0 Å². The lowest BCUT2D eigenvalue weighted by Gasteiger charge is -1.93. The lowest BCUT2D eigenvalue weighted by atomic mass is 10.1. The average molecular weight is 202 g/mol. The zero-order valence-electron chi connectivity index (χ0n) is 7.86. The number of hydrogen-bond acceptors (Lipinski definition) is 2. The molecule has 70 valence electrons. The van der Waals surface area contributed by atoms with Gasteiger partial charge in [-0.3, -0.25) is 4.79 Å². The Morgan fingerprint density at radius 2 is 2.21 bits per heavy atom. The van der Waals surface area contributed by atoms with E-state index in [0.29, 0.717) is 0 Å². The maximum absolute atomic E-state index is 10.7. The van der Waals surface area contributed by atoms with E-state index in [2.05, 4.69) is 23.6 Å². The van der Waals surface area contributed by atoms with Crippen LogP contribution >= 0.6 is 11.3 Å². The minimum atomic E-state index is 0.0791. The fourth-order valence-electron chi connectivity index (χ4n) is 1.30. The SMILES string of the molecule is CC(=O)C=Cc1ccc2sccc2c1. The molecule has 0 saturated heterocycles. The van der Waals surface area contributed by atoms with Crippen molar-refractivity contribution in [2.24, 2.45) is 0 Å². The van der Waals surface area contributed by atoms with Crippen LogP contribution in [0.4, 0.5) is 0 Å². The third-order valence-corrected chi connectivity index (χ3v) is 2.88. The molecule has 0 aliphatic heterocycles. The van der Waals surface area contributed by atoms with Crippen LogP contribution in [0.3, 0.4) is 0 Å². The second kappa shape index (κ2) is 3.76. The van der Waals surface area contributed by atoms with Gasteiger partial charge in [0.1, 0.15) is 0 Å². The fraction of sp³-hybridized carbons (Fsp3) is 0.0833. The molecule has 0 fully saturated rings. The van der Waals surface area contributed by atoms with E-state index in [1.54, 1.807) is 24.3 Å². The van der Waals surface area contributed by atoms with Gasteiger partial charge in [-0.05, 0) is 47.5 Å². The molecule has 0 unspecified atom stereocenters. The lowest BCUT2D eigenvalue weighted by Crippen LogP contribution is -1.79. The summed E-state index contributed by atoms with van der Waals surface area (Å²) in [6.45, 7) is 1.56. The molecule has 1 heterocycles. The van der Waals surface area contributed by atoms with E-state index in [1.807, 2.05) is 12.1 Å². The van der Waals surface area contributed by atoms with Crippen LogP contribution in [-0.2, 0) is 4.79 Å². The average Bonchev–Trinajstić information content (AvgIpc) is 2.61. The molecule has 1 aromatic carbocycles. The molecule has 2 heteroatoms. The Morgan fingerprint density at radius 3 is 3.00 bits per heavy atom. The highest BCUT2D eigenvalue weighted by Gasteiger charge is 1.94. The first-order chi connectivity index (χ1) is 6.75. The number of carbonyl (C=O) groups is 1. The molecule has 0 aliphatic rings. The maximum Gasteiger partial charge on any atom is 0.152 e. The van der Waals surface area contributed by atoms with Gasteiger partial charge < -0.3 is 0 Å². The summed E-state index contributed by atoms with van der Waals surface area (Å²) < 4.78 is 1.28. The quantitative estimate of drug-likeness (QED) is 0.681. The molecule has 0 atom stereocenters. The molecule has 0 bridgehead atoms. The number of hydrogen-bond donors (Lipinski definition) is 0. The predicted octanol–water partition coefficient (Wildman–Crippen LogP) is 3.50. The molecule has 1 aromatic heterocycles. The summed E-state index contributed by atoms with van der Waals surface area (Å²) >= 11 is 1.73. The molecule has 0 saturated carbocycles. The smallest absolute Gasteiger partial charge is 0.152 e. The van der Waals surface area contributed by atoms with Gasteiger partial charge >= 0.3 is 0 Å². The summed E-state index contributed by atoms with van der Waals surface area (Å²) in [5, 5.41) is 3.31. The molecule has 14 heavy (non-hydrogen) atoms. The second-order valence-electron chi connectivity index (χ2n) is 3.16. The Hall–Kier alpha value is -1.41. The van der Waals surface area contributed by atoms with E-state index < -0.39 is 0 Å². The third-order valence-electron chi connectivity index (χ3n) is 1.99. The fourth-order valence-corrected chi connectivity index (χ4v) is 2.07. The summed E-state index contributed by atoms with van der Waals surface area (Å²) in [6.07, 6.45) is 3.44. The number of carbonyl (C=O) groups excluding carboxylic acids is 1. The largest absolute Gasteiger partial charge is 0.295 e. The van der Waals surface area contributed by atoms with Crippen LogP contribution in [0.5, 0.6) is 0 Å². The van der Waals surface area contributed by atoms with Crippen molar-refractivity contribution >= 4 is 33.3 Å².